The number of aryl methyl sites for hydroxylation is 2. The van der Waals surface area contributed by atoms with Crippen molar-refractivity contribution >= 4 is 33.1 Å². The predicted molar refractivity (Wildman–Crippen MR) is 122 cm³/mol. The van der Waals surface area contributed by atoms with Crippen molar-refractivity contribution in [2.45, 2.75) is 52.0 Å². The van der Waals surface area contributed by atoms with Crippen LogP contribution in [-0.2, 0) is 19.4 Å². The van der Waals surface area contributed by atoms with Gasteiger partial charge >= 0.3 is 0 Å². The molecule has 1 fully saturated rings. The Balaban J connectivity index is 1.38. The van der Waals surface area contributed by atoms with Gasteiger partial charge in [-0.15, -0.1) is 11.3 Å². The van der Waals surface area contributed by atoms with Crippen LogP contribution in [-0.4, -0.2) is 33.9 Å². The van der Waals surface area contributed by atoms with Gasteiger partial charge in [-0.25, -0.2) is 9.97 Å². The maximum atomic E-state index is 10.4. The number of nitrogens with one attached hydrogen (secondary N) is 2. The van der Waals surface area contributed by atoms with Gasteiger partial charge in [0.15, 0.2) is 5.82 Å². The topological polar surface area (TPSA) is 74.8 Å². The van der Waals surface area contributed by atoms with Crippen LogP contribution in [0, 0.1) is 0 Å². The standard InChI is InChI=1S/C23H27N5OS/c1-15(16-8-9-19(29)17(12-16)13-28-10-3-2-4-11-28)26-27-22-21-18-6-5-7-20(18)30-23(21)25-14-24-22/h8-9,12,14,29H,2-7,10-11,13H2,1H3,(H,24,25,27)/p+1/b26-15+. The Hall–Kier alpha value is -2.51. The zero-order chi connectivity index (χ0) is 20.5. The zero-order valence-corrected chi connectivity index (χ0v) is 18.2. The Morgan fingerprint density at radius 2 is 2.03 bits per heavy atom. The van der Waals surface area contributed by atoms with Gasteiger partial charge < -0.3 is 10.0 Å². The van der Waals surface area contributed by atoms with E-state index in [1.807, 2.05) is 13.0 Å². The molecule has 6 nitrogen and oxygen atoms in total. The molecule has 2 aromatic heterocycles. The first-order valence-corrected chi connectivity index (χ1v) is 11.7. The first-order chi connectivity index (χ1) is 14.7. The molecular weight excluding hydrogens is 394 g/mol. The van der Waals surface area contributed by atoms with Crippen molar-refractivity contribution in [3.63, 3.8) is 0 Å². The molecule has 30 heavy (non-hydrogen) atoms. The predicted octanol–water partition coefficient (Wildman–Crippen LogP) is 3.29. The summed E-state index contributed by atoms with van der Waals surface area (Å²) >= 11 is 1.78. The molecule has 1 saturated heterocycles. The van der Waals surface area contributed by atoms with Crippen LogP contribution in [0.1, 0.15) is 54.2 Å². The molecule has 2 aliphatic rings. The van der Waals surface area contributed by atoms with E-state index in [1.165, 1.54) is 49.2 Å². The van der Waals surface area contributed by atoms with Gasteiger partial charge in [0.1, 0.15) is 23.5 Å². The first kappa shape index (κ1) is 19.5. The number of thiophene rings is 1. The van der Waals surface area contributed by atoms with Crippen LogP contribution in [0.5, 0.6) is 5.75 Å². The largest absolute Gasteiger partial charge is 0.507 e. The second-order valence-electron chi connectivity index (χ2n) is 8.40. The van der Waals surface area contributed by atoms with Crippen molar-refractivity contribution in [2.75, 3.05) is 18.5 Å². The number of likely N-dealkylation sites (tertiary alicyclic amines) is 1. The van der Waals surface area contributed by atoms with E-state index in [-0.39, 0.29) is 0 Å². The maximum Gasteiger partial charge on any atom is 0.158 e. The first-order valence-electron chi connectivity index (χ1n) is 10.9. The summed E-state index contributed by atoms with van der Waals surface area (Å²) in [5.74, 6) is 1.17. The SMILES string of the molecule is C/C(=N\Nc1ncnc2sc3c(c12)CCC3)c1ccc(O)c(C[NH+]2CCCCC2)c1. The van der Waals surface area contributed by atoms with E-state index in [0.29, 0.717) is 5.75 Å². The summed E-state index contributed by atoms with van der Waals surface area (Å²) in [6.45, 7) is 5.24. The highest BCUT2D eigenvalue weighted by Gasteiger charge is 2.21. The summed E-state index contributed by atoms with van der Waals surface area (Å²) < 4.78 is 0. The number of anilines is 1. The molecule has 0 unspecified atom stereocenters. The van der Waals surface area contributed by atoms with Gasteiger partial charge in [0.05, 0.1) is 24.2 Å². The number of hydrazone groups is 1. The van der Waals surface area contributed by atoms with Crippen molar-refractivity contribution in [3.8, 4) is 5.75 Å². The van der Waals surface area contributed by atoms with E-state index in [9.17, 15) is 5.11 Å². The summed E-state index contributed by atoms with van der Waals surface area (Å²) in [5, 5.41) is 16.1. The van der Waals surface area contributed by atoms with Crippen molar-refractivity contribution < 1.29 is 10.0 Å². The number of hydrogen-bond acceptors (Lipinski definition) is 6. The van der Waals surface area contributed by atoms with Crippen LogP contribution in [0.2, 0.25) is 0 Å². The third-order valence-corrected chi connectivity index (χ3v) is 7.53. The number of fused-ring (bicyclic) bond motifs is 3. The number of phenols is 1. The van der Waals surface area contributed by atoms with Gasteiger partial charge in [0.2, 0.25) is 0 Å². The molecule has 0 atom stereocenters. The fourth-order valence-electron chi connectivity index (χ4n) is 4.66. The summed E-state index contributed by atoms with van der Waals surface area (Å²) in [6.07, 6.45) is 8.95. The fraction of sp³-hybridized carbons (Fsp3) is 0.435. The van der Waals surface area contributed by atoms with Crippen molar-refractivity contribution in [1.29, 1.82) is 0 Å². The highest BCUT2D eigenvalue weighted by atomic mass is 32.1. The molecule has 0 amide bonds. The maximum absolute atomic E-state index is 10.4. The molecule has 0 radical (unpaired) electrons. The average molecular weight is 423 g/mol. The van der Waals surface area contributed by atoms with Crippen LogP contribution >= 0.6 is 11.3 Å². The number of quaternary nitrogens is 1. The molecule has 0 saturated carbocycles. The minimum atomic E-state index is 0.379. The third kappa shape index (κ3) is 3.79. The fourth-order valence-corrected chi connectivity index (χ4v) is 5.89. The summed E-state index contributed by atoms with van der Waals surface area (Å²) in [6, 6.07) is 5.81. The molecule has 5 rings (SSSR count). The minimum absolute atomic E-state index is 0.379. The number of phenolic OH excluding ortho intramolecular Hbond substituents is 1. The van der Waals surface area contributed by atoms with Crippen molar-refractivity contribution in [3.05, 3.63) is 46.1 Å². The Labute approximate surface area is 180 Å². The number of aromatic hydroxyl groups is 1. The molecule has 156 valence electrons. The number of piperidine rings is 1. The van der Waals surface area contributed by atoms with Gasteiger partial charge in [-0.3, -0.25) is 5.43 Å². The third-order valence-electron chi connectivity index (χ3n) is 6.33. The van der Waals surface area contributed by atoms with E-state index in [0.717, 1.165) is 52.3 Å². The monoisotopic (exact) mass is 422 g/mol. The van der Waals surface area contributed by atoms with Crippen molar-refractivity contribution in [2.24, 2.45) is 5.10 Å². The Bertz CT molecular complexity index is 1100. The van der Waals surface area contributed by atoms with Gasteiger partial charge in [0, 0.05) is 10.4 Å². The van der Waals surface area contributed by atoms with Gasteiger partial charge in [-0.2, -0.15) is 5.10 Å². The molecule has 1 aliphatic carbocycles. The Morgan fingerprint density at radius 3 is 2.90 bits per heavy atom. The van der Waals surface area contributed by atoms with E-state index in [1.54, 1.807) is 28.6 Å². The number of benzene rings is 1. The molecule has 7 heteroatoms. The van der Waals surface area contributed by atoms with Crippen LogP contribution in [0.15, 0.2) is 29.6 Å². The minimum Gasteiger partial charge on any atom is -0.507 e. The zero-order valence-electron chi connectivity index (χ0n) is 17.4. The van der Waals surface area contributed by atoms with Gasteiger partial charge in [0.25, 0.3) is 0 Å². The lowest BCUT2D eigenvalue weighted by Crippen LogP contribution is -3.11. The second kappa shape index (κ2) is 8.32. The van der Waals surface area contributed by atoms with Crippen LogP contribution in [0.25, 0.3) is 10.2 Å². The van der Waals surface area contributed by atoms with E-state index < -0.39 is 0 Å². The lowest BCUT2D eigenvalue weighted by molar-refractivity contribution is -0.918. The average Bonchev–Trinajstić information content (AvgIpc) is 3.35. The quantitative estimate of drug-likeness (QED) is 0.436. The van der Waals surface area contributed by atoms with E-state index in [2.05, 4.69) is 26.6 Å². The number of rotatable bonds is 5. The molecule has 0 spiro atoms. The smallest absolute Gasteiger partial charge is 0.158 e. The molecule has 3 aromatic rings. The highest BCUT2D eigenvalue weighted by Crippen LogP contribution is 2.39. The molecular formula is C23H28N5OS+. The molecule has 0 bridgehead atoms. The number of aromatic nitrogens is 2. The molecule has 1 aromatic carbocycles. The Kier molecular flexibility index (Phi) is 5.39. The van der Waals surface area contributed by atoms with Crippen LogP contribution in [0.4, 0.5) is 5.82 Å². The normalized spacial score (nSPS) is 17.4. The van der Waals surface area contributed by atoms with Gasteiger partial charge in [-0.1, -0.05) is 0 Å². The van der Waals surface area contributed by atoms with Crippen molar-refractivity contribution in [1.82, 2.24) is 9.97 Å². The van der Waals surface area contributed by atoms with Crippen LogP contribution in [0.3, 0.4) is 0 Å². The molecule has 1 aliphatic heterocycles. The lowest BCUT2D eigenvalue weighted by Gasteiger charge is -2.24. The highest BCUT2D eigenvalue weighted by molar-refractivity contribution is 7.19. The number of nitrogens with zero attached hydrogens (tertiary/aromatic N) is 3. The summed E-state index contributed by atoms with van der Waals surface area (Å²) in [7, 11) is 0. The van der Waals surface area contributed by atoms with Crippen LogP contribution < -0.4 is 10.3 Å². The van der Waals surface area contributed by atoms with E-state index in [4.69, 9.17) is 0 Å². The Morgan fingerprint density at radius 1 is 1.17 bits per heavy atom. The van der Waals surface area contributed by atoms with E-state index >= 15 is 0 Å². The number of hydrogen-bond donors (Lipinski definition) is 3. The molecule has 3 N–H and O–H groups in total. The summed E-state index contributed by atoms with van der Waals surface area (Å²) in [5.41, 5.74) is 7.48. The summed E-state index contributed by atoms with van der Waals surface area (Å²) in [4.78, 5) is 13.0. The van der Waals surface area contributed by atoms with Gasteiger partial charge in [-0.05, 0) is 74.8 Å². The molecule has 3 heterocycles. The second-order valence-corrected chi connectivity index (χ2v) is 9.48. The lowest BCUT2D eigenvalue weighted by atomic mass is 10.0.